The second kappa shape index (κ2) is 7.30. The van der Waals surface area contributed by atoms with Gasteiger partial charge in [-0.2, -0.15) is 4.80 Å². The van der Waals surface area contributed by atoms with Crippen LogP contribution in [0.3, 0.4) is 0 Å². The fourth-order valence-corrected chi connectivity index (χ4v) is 3.49. The predicted molar refractivity (Wildman–Crippen MR) is 94.1 cm³/mol. The number of pyridine rings is 1. The molecule has 2 heterocycles. The zero-order valence-electron chi connectivity index (χ0n) is 14.6. The highest BCUT2D eigenvalue weighted by Crippen LogP contribution is 2.22. The fraction of sp³-hybridized carbons (Fsp3) is 0.250. The molecule has 1 aromatic carbocycles. The van der Waals surface area contributed by atoms with Crippen LogP contribution in [0.5, 0.6) is 0 Å². The number of halogens is 2. The van der Waals surface area contributed by atoms with Gasteiger partial charge in [0.05, 0.1) is 18.0 Å². The van der Waals surface area contributed by atoms with Crippen LogP contribution in [0.15, 0.2) is 36.4 Å². The van der Waals surface area contributed by atoms with E-state index in [9.17, 15) is 22.3 Å². The first-order valence-corrected chi connectivity index (χ1v) is 9.67. The van der Waals surface area contributed by atoms with E-state index < -0.39 is 33.0 Å². The number of hydrogen-bond acceptors (Lipinski definition) is 7. The van der Waals surface area contributed by atoms with Crippen molar-refractivity contribution in [2.75, 3.05) is 5.75 Å². The average molecular weight is 410 g/mol. The number of rotatable bonds is 6. The summed E-state index contributed by atoms with van der Waals surface area (Å²) in [5.41, 5.74) is -1.53. The molecule has 3 N–H and O–H groups in total. The number of benzene rings is 1. The van der Waals surface area contributed by atoms with Crippen molar-refractivity contribution in [1.29, 1.82) is 0 Å². The molecule has 0 saturated heterocycles. The Bertz CT molecular complexity index is 1120. The molecule has 0 aliphatic heterocycles. The summed E-state index contributed by atoms with van der Waals surface area (Å²) < 4.78 is 49.6. The first-order chi connectivity index (χ1) is 13.0. The smallest absolute Gasteiger partial charge is 0.223 e. The standard InChI is InChI=1S/C16H16F2N6O3S/c1-16(25,9-28(19,26)27)14-4-2-3-13(20-14)15-21-23-24(22-15)8-10-7-11(17)5-6-12(10)18/h2-7,25H,8-9H2,1H3,(H2,19,26,27). The van der Waals surface area contributed by atoms with Crippen molar-refractivity contribution in [3.8, 4) is 11.5 Å². The number of nitrogens with zero attached hydrogens (tertiary/aromatic N) is 5. The lowest BCUT2D eigenvalue weighted by molar-refractivity contribution is 0.0773. The second-order valence-corrected chi connectivity index (χ2v) is 7.98. The summed E-state index contributed by atoms with van der Waals surface area (Å²) >= 11 is 0. The Hall–Kier alpha value is -2.83. The Labute approximate surface area is 158 Å². The lowest BCUT2D eigenvalue weighted by Crippen LogP contribution is -2.35. The second-order valence-electron chi connectivity index (χ2n) is 6.37. The first-order valence-electron chi connectivity index (χ1n) is 7.96. The predicted octanol–water partition coefficient (Wildman–Crippen LogP) is 0.558. The van der Waals surface area contributed by atoms with E-state index in [1.54, 1.807) is 0 Å². The number of hydrogen-bond donors (Lipinski definition) is 2. The number of aliphatic hydroxyl groups is 1. The molecule has 2 aromatic heterocycles. The molecule has 0 fully saturated rings. The minimum absolute atomic E-state index is 0.0433. The largest absolute Gasteiger partial charge is 0.383 e. The highest BCUT2D eigenvalue weighted by molar-refractivity contribution is 7.89. The van der Waals surface area contributed by atoms with Crippen LogP contribution in [0.1, 0.15) is 18.2 Å². The van der Waals surface area contributed by atoms with Crippen molar-refractivity contribution < 1.29 is 22.3 Å². The van der Waals surface area contributed by atoms with Crippen LogP contribution in [0, 0.1) is 11.6 Å². The molecule has 0 bridgehead atoms. The number of sulfonamides is 1. The van der Waals surface area contributed by atoms with Gasteiger partial charge in [-0.15, -0.1) is 10.2 Å². The van der Waals surface area contributed by atoms with Crippen LogP contribution in [-0.2, 0) is 22.2 Å². The number of primary sulfonamides is 1. The minimum Gasteiger partial charge on any atom is -0.383 e. The Balaban J connectivity index is 1.87. The van der Waals surface area contributed by atoms with E-state index in [-0.39, 0.29) is 29.3 Å². The van der Waals surface area contributed by atoms with Crippen LogP contribution in [0.4, 0.5) is 8.78 Å². The van der Waals surface area contributed by atoms with Crippen LogP contribution >= 0.6 is 0 Å². The Morgan fingerprint density at radius 1 is 1.25 bits per heavy atom. The van der Waals surface area contributed by atoms with Gasteiger partial charge in [0.2, 0.25) is 15.8 Å². The van der Waals surface area contributed by atoms with Gasteiger partial charge in [0.15, 0.2) is 0 Å². The molecular weight excluding hydrogens is 394 g/mol. The summed E-state index contributed by atoms with van der Waals surface area (Å²) in [4.78, 5) is 5.23. The fourth-order valence-electron chi connectivity index (χ4n) is 2.55. The van der Waals surface area contributed by atoms with Crippen molar-refractivity contribution in [1.82, 2.24) is 25.2 Å². The van der Waals surface area contributed by atoms with Gasteiger partial charge in [-0.25, -0.2) is 27.3 Å². The molecule has 0 aliphatic rings. The van der Waals surface area contributed by atoms with Gasteiger partial charge < -0.3 is 5.11 Å². The lowest BCUT2D eigenvalue weighted by Gasteiger charge is -2.21. The summed E-state index contributed by atoms with van der Waals surface area (Å²) in [6.07, 6.45) is 0. The Morgan fingerprint density at radius 2 is 2.00 bits per heavy atom. The van der Waals surface area contributed by atoms with E-state index in [1.165, 1.54) is 25.1 Å². The molecule has 1 atom stereocenters. The highest BCUT2D eigenvalue weighted by atomic mass is 32.2. The van der Waals surface area contributed by atoms with Gasteiger partial charge in [-0.3, -0.25) is 0 Å². The van der Waals surface area contributed by atoms with E-state index in [4.69, 9.17) is 5.14 Å². The minimum atomic E-state index is -3.95. The van der Waals surface area contributed by atoms with Gasteiger partial charge in [-0.1, -0.05) is 6.07 Å². The first kappa shape index (κ1) is 19.9. The van der Waals surface area contributed by atoms with Crippen molar-refractivity contribution >= 4 is 10.0 Å². The molecule has 1 unspecified atom stereocenters. The SMILES string of the molecule is CC(O)(CS(N)(=O)=O)c1cccc(-c2nnn(Cc3cc(F)ccc3F)n2)n1. The molecule has 0 radical (unpaired) electrons. The Kier molecular flexibility index (Phi) is 5.19. The summed E-state index contributed by atoms with van der Waals surface area (Å²) in [6, 6.07) is 7.52. The van der Waals surface area contributed by atoms with Gasteiger partial charge in [0.1, 0.15) is 22.9 Å². The van der Waals surface area contributed by atoms with Crippen molar-refractivity contribution in [3.63, 3.8) is 0 Å². The molecule has 28 heavy (non-hydrogen) atoms. The number of tetrazole rings is 1. The molecule has 148 valence electrons. The maximum absolute atomic E-state index is 13.7. The molecule has 0 spiro atoms. The van der Waals surface area contributed by atoms with Gasteiger partial charge in [0.25, 0.3) is 0 Å². The molecule has 3 aromatic rings. The lowest BCUT2D eigenvalue weighted by atomic mass is 10.0. The zero-order chi connectivity index (χ0) is 20.5. The maximum Gasteiger partial charge on any atom is 0.223 e. The summed E-state index contributed by atoms with van der Waals surface area (Å²) in [5, 5.41) is 27.0. The zero-order valence-corrected chi connectivity index (χ0v) is 15.4. The van der Waals surface area contributed by atoms with Crippen LogP contribution < -0.4 is 5.14 Å². The third-order valence-electron chi connectivity index (χ3n) is 3.78. The van der Waals surface area contributed by atoms with Crippen molar-refractivity contribution in [3.05, 3.63) is 59.3 Å². The van der Waals surface area contributed by atoms with E-state index in [0.717, 1.165) is 23.0 Å². The van der Waals surface area contributed by atoms with Gasteiger partial charge in [0, 0.05) is 5.56 Å². The maximum atomic E-state index is 13.7. The normalized spacial score (nSPS) is 14.0. The third kappa shape index (κ3) is 4.71. The third-order valence-corrected chi connectivity index (χ3v) is 4.75. The summed E-state index contributed by atoms with van der Waals surface area (Å²) in [7, 11) is -3.95. The van der Waals surface area contributed by atoms with Gasteiger partial charge in [-0.05, 0) is 42.5 Å². The van der Waals surface area contributed by atoms with Crippen LogP contribution in [0.25, 0.3) is 11.5 Å². The molecule has 9 nitrogen and oxygen atoms in total. The summed E-state index contributed by atoms with van der Waals surface area (Å²) in [6.45, 7) is 1.11. The molecule has 0 saturated carbocycles. The average Bonchev–Trinajstić information content (AvgIpc) is 3.05. The van der Waals surface area contributed by atoms with Crippen LogP contribution in [-0.4, -0.2) is 44.5 Å². The van der Waals surface area contributed by atoms with E-state index in [1.807, 2.05) is 0 Å². The molecule has 0 aliphatic carbocycles. The van der Waals surface area contributed by atoms with Gasteiger partial charge >= 0.3 is 0 Å². The van der Waals surface area contributed by atoms with Crippen molar-refractivity contribution in [2.24, 2.45) is 5.14 Å². The van der Waals surface area contributed by atoms with E-state index >= 15 is 0 Å². The monoisotopic (exact) mass is 410 g/mol. The number of nitrogens with two attached hydrogens (primary N) is 1. The Morgan fingerprint density at radius 3 is 2.71 bits per heavy atom. The van der Waals surface area contributed by atoms with E-state index in [0.29, 0.717) is 0 Å². The van der Waals surface area contributed by atoms with Crippen LogP contribution in [0.2, 0.25) is 0 Å². The highest BCUT2D eigenvalue weighted by Gasteiger charge is 2.30. The quantitative estimate of drug-likeness (QED) is 0.606. The summed E-state index contributed by atoms with van der Waals surface area (Å²) in [5.74, 6) is -1.87. The molecular formula is C16H16F2N6O3S. The molecule has 12 heteroatoms. The topological polar surface area (TPSA) is 137 Å². The number of aromatic nitrogens is 5. The molecule has 0 amide bonds. The molecule has 3 rings (SSSR count). The van der Waals surface area contributed by atoms with E-state index in [2.05, 4.69) is 20.4 Å². The van der Waals surface area contributed by atoms with Crippen molar-refractivity contribution in [2.45, 2.75) is 19.1 Å².